The number of hydrogen-bond acceptors (Lipinski definition) is 4. The molecule has 0 radical (unpaired) electrons. The Kier molecular flexibility index (Phi) is 7.45. The molecule has 118 valence electrons. The molecule has 2 atom stereocenters. The van der Waals surface area contributed by atoms with E-state index in [1.807, 2.05) is 0 Å². The van der Waals surface area contributed by atoms with Crippen molar-refractivity contribution in [3.63, 3.8) is 0 Å². The number of methoxy groups -OCH3 is 1. The largest absolute Gasteiger partial charge is 0.380 e. The SMILES string of the molecule is COC(CN)CC(=O)NC1CCSc2ccc(F)cc21.Cl. The maximum atomic E-state index is 13.4. The van der Waals surface area contributed by atoms with Gasteiger partial charge in [0.05, 0.1) is 18.6 Å². The van der Waals surface area contributed by atoms with E-state index < -0.39 is 0 Å². The molecule has 2 rings (SSSR count). The minimum Gasteiger partial charge on any atom is -0.380 e. The maximum absolute atomic E-state index is 13.4. The van der Waals surface area contributed by atoms with E-state index in [1.165, 1.54) is 19.2 Å². The molecule has 1 aliphatic rings. The predicted molar refractivity (Wildman–Crippen MR) is 84.3 cm³/mol. The van der Waals surface area contributed by atoms with E-state index in [0.717, 1.165) is 22.6 Å². The predicted octanol–water partition coefficient (Wildman–Crippen LogP) is 2.26. The van der Waals surface area contributed by atoms with Crippen molar-refractivity contribution in [1.29, 1.82) is 0 Å². The van der Waals surface area contributed by atoms with Crippen molar-refractivity contribution in [3.8, 4) is 0 Å². The van der Waals surface area contributed by atoms with E-state index in [9.17, 15) is 9.18 Å². The molecular formula is C14H20ClFN2O2S. The number of fused-ring (bicyclic) bond motifs is 1. The Morgan fingerprint density at radius 3 is 3.05 bits per heavy atom. The molecule has 0 aromatic heterocycles. The Labute approximate surface area is 134 Å². The molecule has 4 nitrogen and oxygen atoms in total. The maximum Gasteiger partial charge on any atom is 0.223 e. The van der Waals surface area contributed by atoms with E-state index >= 15 is 0 Å². The van der Waals surface area contributed by atoms with Crippen molar-refractivity contribution < 1.29 is 13.9 Å². The van der Waals surface area contributed by atoms with E-state index in [0.29, 0.717) is 6.54 Å². The Morgan fingerprint density at radius 2 is 2.38 bits per heavy atom. The number of nitrogens with one attached hydrogen (secondary N) is 1. The number of carbonyl (C=O) groups is 1. The number of carbonyl (C=O) groups excluding carboxylic acids is 1. The highest BCUT2D eigenvalue weighted by Crippen LogP contribution is 2.36. The smallest absolute Gasteiger partial charge is 0.223 e. The molecule has 1 heterocycles. The van der Waals surface area contributed by atoms with Gasteiger partial charge < -0.3 is 15.8 Å². The van der Waals surface area contributed by atoms with Crippen LogP contribution in [0.3, 0.4) is 0 Å². The number of amides is 1. The molecule has 7 heteroatoms. The second-order valence-electron chi connectivity index (χ2n) is 4.74. The monoisotopic (exact) mass is 334 g/mol. The zero-order valence-electron chi connectivity index (χ0n) is 11.8. The number of rotatable bonds is 5. The highest BCUT2D eigenvalue weighted by molar-refractivity contribution is 7.99. The highest BCUT2D eigenvalue weighted by Gasteiger charge is 2.23. The Balaban J connectivity index is 0.00000220. The van der Waals surface area contributed by atoms with E-state index in [4.69, 9.17) is 10.5 Å². The minimum atomic E-state index is -0.278. The van der Waals surface area contributed by atoms with Crippen molar-refractivity contribution in [3.05, 3.63) is 29.6 Å². The van der Waals surface area contributed by atoms with Crippen LogP contribution in [0.1, 0.15) is 24.4 Å². The minimum absolute atomic E-state index is 0. The first-order valence-corrected chi connectivity index (χ1v) is 7.57. The van der Waals surface area contributed by atoms with Crippen LogP contribution in [0.15, 0.2) is 23.1 Å². The van der Waals surface area contributed by atoms with E-state index in [-0.39, 0.29) is 42.7 Å². The van der Waals surface area contributed by atoms with Crippen molar-refractivity contribution in [2.24, 2.45) is 5.73 Å². The molecule has 0 saturated carbocycles. The molecule has 1 aromatic carbocycles. The van der Waals surface area contributed by atoms with Crippen molar-refractivity contribution in [1.82, 2.24) is 5.32 Å². The topological polar surface area (TPSA) is 64.3 Å². The zero-order valence-corrected chi connectivity index (χ0v) is 13.4. The van der Waals surface area contributed by atoms with Gasteiger partial charge in [-0.3, -0.25) is 4.79 Å². The van der Waals surface area contributed by atoms with Crippen LogP contribution >= 0.6 is 24.2 Å². The van der Waals surface area contributed by atoms with Gasteiger partial charge in [-0.2, -0.15) is 0 Å². The first-order valence-electron chi connectivity index (χ1n) is 6.58. The van der Waals surface area contributed by atoms with Crippen LogP contribution in [0, 0.1) is 5.82 Å². The molecule has 0 saturated heterocycles. The average molecular weight is 335 g/mol. The van der Waals surface area contributed by atoms with Gasteiger partial charge in [-0.25, -0.2) is 4.39 Å². The third-order valence-corrected chi connectivity index (χ3v) is 4.48. The third-order valence-electron chi connectivity index (χ3n) is 3.36. The first kappa shape index (κ1) is 18.2. The molecule has 2 unspecified atom stereocenters. The van der Waals surface area contributed by atoms with Gasteiger partial charge in [-0.15, -0.1) is 24.2 Å². The van der Waals surface area contributed by atoms with Gasteiger partial charge >= 0.3 is 0 Å². The number of halogens is 2. The summed E-state index contributed by atoms with van der Waals surface area (Å²) >= 11 is 1.69. The Morgan fingerprint density at radius 1 is 1.62 bits per heavy atom. The number of thioether (sulfide) groups is 1. The fraction of sp³-hybridized carbons (Fsp3) is 0.500. The fourth-order valence-electron chi connectivity index (χ4n) is 2.24. The van der Waals surface area contributed by atoms with Crippen LogP contribution in [0.2, 0.25) is 0 Å². The van der Waals surface area contributed by atoms with Crippen molar-refractivity contribution in [2.45, 2.75) is 29.9 Å². The fourth-order valence-corrected chi connectivity index (χ4v) is 3.34. The molecule has 1 aliphatic heterocycles. The van der Waals surface area contributed by atoms with Gasteiger partial charge in [0.2, 0.25) is 5.91 Å². The average Bonchev–Trinajstić information content (AvgIpc) is 2.45. The number of nitrogens with two attached hydrogens (primary N) is 1. The molecule has 1 amide bonds. The molecule has 0 bridgehead atoms. The van der Waals surface area contributed by atoms with Crippen LogP contribution in [-0.4, -0.2) is 31.4 Å². The van der Waals surface area contributed by atoms with Gasteiger partial charge in [-0.1, -0.05) is 0 Å². The molecule has 0 fully saturated rings. The molecule has 3 N–H and O–H groups in total. The van der Waals surface area contributed by atoms with Gasteiger partial charge in [-0.05, 0) is 30.2 Å². The number of ether oxygens (including phenoxy) is 1. The van der Waals surface area contributed by atoms with Crippen LogP contribution in [0.4, 0.5) is 4.39 Å². The van der Waals surface area contributed by atoms with Crippen molar-refractivity contribution >= 4 is 30.1 Å². The second-order valence-corrected chi connectivity index (χ2v) is 5.87. The molecular weight excluding hydrogens is 315 g/mol. The summed E-state index contributed by atoms with van der Waals surface area (Å²) in [7, 11) is 1.53. The Hall–Kier alpha value is -0.820. The van der Waals surface area contributed by atoms with Gasteiger partial charge in [0.25, 0.3) is 0 Å². The van der Waals surface area contributed by atoms with Gasteiger partial charge in [0, 0.05) is 24.3 Å². The lowest BCUT2D eigenvalue weighted by Crippen LogP contribution is -2.35. The Bertz CT molecular complexity index is 486. The molecule has 0 spiro atoms. The summed E-state index contributed by atoms with van der Waals surface area (Å²) in [5, 5.41) is 2.95. The highest BCUT2D eigenvalue weighted by atomic mass is 35.5. The lowest BCUT2D eigenvalue weighted by atomic mass is 10.0. The first-order chi connectivity index (χ1) is 9.63. The van der Waals surface area contributed by atoms with Crippen LogP contribution < -0.4 is 11.1 Å². The molecule has 1 aromatic rings. The summed E-state index contributed by atoms with van der Waals surface area (Å²) in [6.07, 6.45) is 0.744. The molecule has 21 heavy (non-hydrogen) atoms. The summed E-state index contributed by atoms with van der Waals surface area (Å²) in [6, 6.07) is 4.59. The van der Waals surface area contributed by atoms with Crippen LogP contribution in [-0.2, 0) is 9.53 Å². The van der Waals surface area contributed by atoms with Gasteiger partial charge in [0.1, 0.15) is 5.82 Å². The zero-order chi connectivity index (χ0) is 14.5. The summed E-state index contributed by atoms with van der Waals surface area (Å²) in [6.45, 7) is 0.301. The normalized spacial score (nSPS) is 18.3. The van der Waals surface area contributed by atoms with Crippen molar-refractivity contribution in [2.75, 3.05) is 19.4 Å². The number of hydrogen-bond donors (Lipinski definition) is 2. The number of benzene rings is 1. The summed E-state index contributed by atoms with van der Waals surface area (Å²) in [4.78, 5) is 13.0. The van der Waals surface area contributed by atoms with E-state index in [1.54, 1.807) is 17.8 Å². The summed E-state index contributed by atoms with van der Waals surface area (Å²) in [5.41, 5.74) is 6.36. The van der Waals surface area contributed by atoms with Crippen LogP contribution in [0.25, 0.3) is 0 Å². The van der Waals surface area contributed by atoms with E-state index in [2.05, 4.69) is 5.32 Å². The third kappa shape index (κ3) is 4.85. The second kappa shape index (κ2) is 8.58. The lowest BCUT2D eigenvalue weighted by molar-refractivity contribution is -0.124. The summed E-state index contributed by atoms with van der Waals surface area (Å²) in [5.74, 6) is 0.519. The quantitative estimate of drug-likeness (QED) is 0.867. The molecule has 0 aliphatic carbocycles. The summed E-state index contributed by atoms with van der Waals surface area (Å²) < 4.78 is 18.5. The lowest BCUT2D eigenvalue weighted by Gasteiger charge is -2.26. The standard InChI is InChI=1S/C14H19FN2O2S.ClH/c1-19-10(8-16)7-14(18)17-12-4-5-20-13-3-2-9(15)6-11(12)13;/h2-3,6,10,12H,4-5,7-8,16H2,1H3,(H,17,18);1H. The van der Waals surface area contributed by atoms with Crippen LogP contribution in [0.5, 0.6) is 0 Å². The van der Waals surface area contributed by atoms with Gasteiger partial charge in [0.15, 0.2) is 0 Å².